The van der Waals surface area contributed by atoms with Crippen LogP contribution in [0.3, 0.4) is 0 Å². The summed E-state index contributed by atoms with van der Waals surface area (Å²) in [6.45, 7) is 3.80. The van der Waals surface area contributed by atoms with E-state index in [1.54, 1.807) is 0 Å². The monoisotopic (exact) mass is 345 g/mol. The Labute approximate surface area is 151 Å². The number of urea groups is 1. The van der Waals surface area contributed by atoms with Gasteiger partial charge in [-0.05, 0) is 57.2 Å². The lowest BCUT2D eigenvalue weighted by Gasteiger charge is -2.36. The van der Waals surface area contributed by atoms with Crippen LogP contribution >= 0.6 is 0 Å². The molecule has 1 aromatic carbocycles. The highest BCUT2D eigenvalue weighted by Gasteiger charge is 2.28. The summed E-state index contributed by atoms with van der Waals surface area (Å²) < 4.78 is 0. The van der Waals surface area contributed by atoms with Crippen molar-refractivity contribution in [2.24, 2.45) is 0 Å². The maximum Gasteiger partial charge on any atom is 0.317 e. The van der Waals surface area contributed by atoms with E-state index in [1.165, 1.54) is 18.4 Å². The standard InChI is InChI=1S/C20H31N3O2/c24-15-11-18-10-4-5-14-23(18)20(25)21-16-19(22-12-6-7-13-22)17-8-2-1-3-9-17/h1-3,8-9,18-19,24H,4-7,10-16H2,(H,21,25). The van der Waals surface area contributed by atoms with Gasteiger partial charge in [0.2, 0.25) is 0 Å². The van der Waals surface area contributed by atoms with Gasteiger partial charge >= 0.3 is 6.03 Å². The van der Waals surface area contributed by atoms with Crippen LogP contribution in [-0.4, -0.2) is 59.8 Å². The lowest BCUT2D eigenvalue weighted by Crippen LogP contribution is -2.50. The molecule has 2 atom stereocenters. The molecule has 2 amide bonds. The first-order chi connectivity index (χ1) is 12.3. The van der Waals surface area contributed by atoms with Crippen LogP contribution in [0.15, 0.2) is 30.3 Å². The second kappa shape index (κ2) is 9.20. The molecule has 1 aromatic rings. The van der Waals surface area contributed by atoms with Crippen molar-refractivity contribution in [1.29, 1.82) is 0 Å². The molecule has 5 nitrogen and oxygen atoms in total. The number of benzene rings is 1. The van der Waals surface area contributed by atoms with Gasteiger partial charge in [-0.3, -0.25) is 4.90 Å². The minimum absolute atomic E-state index is 0.0262. The number of hydrogen-bond donors (Lipinski definition) is 2. The molecule has 138 valence electrons. The van der Waals surface area contributed by atoms with Crippen LogP contribution in [0.5, 0.6) is 0 Å². The van der Waals surface area contributed by atoms with Crippen molar-refractivity contribution in [1.82, 2.24) is 15.1 Å². The van der Waals surface area contributed by atoms with Crippen LogP contribution in [0.2, 0.25) is 0 Å². The number of piperidine rings is 1. The zero-order valence-electron chi connectivity index (χ0n) is 15.1. The van der Waals surface area contributed by atoms with E-state index < -0.39 is 0 Å². The van der Waals surface area contributed by atoms with Gasteiger partial charge in [0, 0.05) is 25.7 Å². The Bertz CT molecular complexity index is 529. The molecule has 5 heteroatoms. The first-order valence-electron chi connectivity index (χ1n) is 9.74. The summed E-state index contributed by atoms with van der Waals surface area (Å²) >= 11 is 0. The molecule has 0 aromatic heterocycles. The molecule has 0 radical (unpaired) electrons. The van der Waals surface area contributed by atoms with Gasteiger partial charge in [0.25, 0.3) is 0 Å². The molecule has 0 aliphatic carbocycles. The van der Waals surface area contributed by atoms with Crippen LogP contribution in [0, 0.1) is 0 Å². The fourth-order valence-corrected chi connectivity index (χ4v) is 4.19. The van der Waals surface area contributed by atoms with Crippen molar-refractivity contribution in [3.63, 3.8) is 0 Å². The number of carbonyl (C=O) groups is 1. The van der Waals surface area contributed by atoms with Gasteiger partial charge in [-0.1, -0.05) is 30.3 Å². The lowest BCUT2D eigenvalue weighted by molar-refractivity contribution is 0.129. The van der Waals surface area contributed by atoms with Crippen LogP contribution in [0.1, 0.15) is 50.1 Å². The van der Waals surface area contributed by atoms with Crippen LogP contribution in [-0.2, 0) is 0 Å². The summed E-state index contributed by atoms with van der Waals surface area (Å²) in [5.41, 5.74) is 1.27. The van der Waals surface area contributed by atoms with Crippen molar-refractivity contribution in [3.8, 4) is 0 Å². The number of carbonyl (C=O) groups excluding carboxylic acids is 1. The zero-order valence-corrected chi connectivity index (χ0v) is 15.1. The Morgan fingerprint density at radius 2 is 1.84 bits per heavy atom. The van der Waals surface area contributed by atoms with E-state index in [-0.39, 0.29) is 24.7 Å². The van der Waals surface area contributed by atoms with Crippen LogP contribution in [0.4, 0.5) is 4.79 Å². The summed E-state index contributed by atoms with van der Waals surface area (Å²) in [6.07, 6.45) is 6.37. The Balaban J connectivity index is 1.62. The third-order valence-electron chi connectivity index (χ3n) is 5.56. The van der Waals surface area contributed by atoms with Crippen LogP contribution in [0.25, 0.3) is 0 Å². The fourth-order valence-electron chi connectivity index (χ4n) is 4.19. The number of aliphatic hydroxyl groups excluding tert-OH is 1. The Hall–Kier alpha value is -1.59. The second-order valence-electron chi connectivity index (χ2n) is 7.21. The molecule has 2 N–H and O–H groups in total. The summed E-state index contributed by atoms with van der Waals surface area (Å²) in [4.78, 5) is 17.2. The maximum atomic E-state index is 12.7. The van der Waals surface area contributed by atoms with E-state index in [9.17, 15) is 9.90 Å². The van der Waals surface area contributed by atoms with Crippen LogP contribution < -0.4 is 5.32 Å². The van der Waals surface area contributed by atoms with E-state index in [0.29, 0.717) is 13.0 Å². The van der Waals surface area contributed by atoms with Gasteiger partial charge in [-0.15, -0.1) is 0 Å². The number of hydrogen-bond acceptors (Lipinski definition) is 3. The average molecular weight is 345 g/mol. The number of aliphatic hydroxyl groups is 1. The molecule has 2 unspecified atom stereocenters. The van der Waals surface area contributed by atoms with E-state index in [0.717, 1.165) is 38.9 Å². The Morgan fingerprint density at radius 3 is 2.56 bits per heavy atom. The molecule has 0 saturated carbocycles. The quantitative estimate of drug-likeness (QED) is 0.833. The molecule has 2 fully saturated rings. The normalized spacial score (nSPS) is 22.8. The molecule has 25 heavy (non-hydrogen) atoms. The van der Waals surface area contributed by atoms with Crippen molar-refractivity contribution in [3.05, 3.63) is 35.9 Å². The average Bonchev–Trinajstić information content (AvgIpc) is 3.18. The number of amides is 2. The van der Waals surface area contributed by atoms with Crippen molar-refractivity contribution >= 4 is 6.03 Å². The Morgan fingerprint density at radius 1 is 1.12 bits per heavy atom. The minimum Gasteiger partial charge on any atom is -0.396 e. The van der Waals surface area contributed by atoms with E-state index >= 15 is 0 Å². The molecule has 3 rings (SSSR count). The van der Waals surface area contributed by atoms with Gasteiger partial charge in [0.1, 0.15) is 0 Å². The summed E-state index contributed by atoms with van der Waals surface area (Å²) in [6, 6.07) is 10.9. The van der Waals surface area contributed by atoms with Crippen molar-refractivity contribution in [2.75, 3.05) is 32.8 Å². The van der Waals surface area contributed by atoms with E-state index in [1.807, 2.05) is 11.0 Å². The number of nitrogens with one attached hydrogen (secondary N) is 1. The molecule has 2 saturated heterocycles. The molecule has 2 heterocycles. The highest BCUT2D eigenvalue weighted by Crippen LogP contribution is 2.25. The van der Waals surface area contributed by atoms with E-state index in [2.05, 4.69) is 34.5 Å². The predicted octanol–water partition coefficient (Wildman–Crippen LogP) is 2.77. The Kier molecular flexibility index (Phi) is 6.70. The molecule has 0 spiro atoms. The lowest BCUT2D eigenvalue weighted by atomic mass is 10.00. The SMILES string of the molecule is O=C(NCC(c1ccccc1)N1CCCC1)N1CCCCC1CCO. The topological polar surface area (TPSA) is 55.8 Å². The minimum atomic E-state index is 0.0262. The first kappa shape index (κ1) is 18.2. The van der Waals surface area contributed by atoms with Gasteiger partial charge in [-0.25, -0.2) is 4.79 Å². The third-order valence-corrected chi connectivity index (χ3v) is 5.56. The highest BCUT2D eigenvalue weighted by atomic mass is 16.3. The maximum absolute atomic E-state index is 12.7. The molecule has 2 aliphatic heterocycles. The molecular weight excluding hydrogens is 314 g/mol. The molecule has 0 bridgehead atoms. The highest BCUT2D eigenvalue weighted by molar-refractivity contribution is 5.74. The molecular formula is C20H31N3O2. The third kappa shape index (κ3) is 4.73. The smallest absolute Gasteiger partial charge is 0.317 e. The zero-order chi connectivity index (χ0) is 17.5. The van der Waals surface area contributed by atoms with Gasteiger partial charge in [0.15, 0.2) is 0 Å². The fraction of sp³-hybridized carbons (Fsp3) is 0.650. The summed E-state index contributed by atoms with van der Waals surface area (Å²) in [5, 5.41) is 12.4. The van der Waals surface area contributed by atoms with Gasteiger partial charge in [0.05, 0.1) is 6.04 Å². The number of rotatable bonds is 6. The van der Waals surface area contributed by atoms with Crippen molar-refractivity contribution in [2.45, 2.75) is 50.6 Å². The number of likely N-dealkylation sites (tertiary alicyclic amines) is 2. The largest absolute Gasteiger partial charge is 0.396 e. The molecule has 2 aliphatic rings. The predicted molar refractivity (Wildman–Crippen MR) is 99.4 cm³/mol. The second-order valence-corrected chi connectivity index (χ2v) is 7.21. The number of nitrogens with zero attached hydrogens (tertiary/aromatic N) is 2. The summed E-state index contributed by atoms with van der Waals surface area (Å²) in [7, 11) is 0. The van der Waals surface area contributed by atoms with E-state index in [4.69, 9.17) is 0 Å². The van der Waals surface area contributed by atoms with Crippen molar-refractivity contribution < 1.29 is 9.90 Å². The first-order valence-corrected chi connectivity index (χ1v) is 9.74. The van der Waals surface area contributed by atoms with Gasteiger partial charge < -0.3 is 15.3 Å². The van der Waals surface area contributed by atoms with Gasteiger partial charge in [-0.2, -0.15) is 0 Å². The summed E-state index contributed by atoms with van der Waals surface area (Å²) in [5.74, 6) is 0.